The van der Waals surface area contributed by atoms with Gasteiger partial charge in [0, 0.05) is 25.2 Å². The summed E-state index contributed by atoms with van der Waals surface area (Å²) in [6, 6.07) is 9.78. The quantitative estimate of drug-likeness (QED) is 0.736. The Balaban J connectivity index is 1.84. The Kier molecular flexibility index (Phi) is 7.19. The highest BCUT2D eigenvalue weighted by Gasteiger charge is 2.18. The largest absolute Gasteiger partial charge is 0.352 e. The van der Waals surface area contributed by atoms with E-state index in [4.69, 9.17) is 5.73 Å². The van der Waals surface area contributed by atoms with Gasteiger partial charge in [0.15, 0.2) is 0 Å². The molecule has 2 rings (SSSR count). The van der Waals surface area contributed by atoms with Gasteiger partial charge in [-0.3, -0.25) is 4.79 Å². The second-order valence-corrected chi connectivity index (χ2v) is 6.99. The Morgan fingerprint density at radius 2 is 2.00 bits per heavy atom. The van der Waals surface area contributed by atoms with Crippen molar-refractivity contribution in [2.75, 3.05) is 0 Å². The summed E-state index contributed by atoms with van der Waals surface area (Å²) in [6.07, 6.45) is 6.29. The summed E-state index contributed by atoms with van der Waals surface area (Å²) in [6.45, 7) is 7.16. The first-order valence-electron chi connectivity index (χ1n) is 9.08. The molecule has 0 aliphatic carbocycles. The van der Waals surface area contributed by atoms with Crippen molar-refractivity contribution >= 4 is 5.91 Å². The van der Waals surface area contributed by atoms with E-state index in [9.17, 15) is 4.79 Å². The molecule has 0 aliphatic heterocycles. The molecule has 0 aliphatic rings. The molecule has 0 saturated carbocycles. The zero-order chi connectivity index (χ0) is 18.2. The van der Waals surface area contributed by atoms with Crippen LogP contribution >= 0.6 is 0 Å². The van der Waals surface area contributed by atoms with Crippen LogP contribution in [0.15, 0.2) is 42.9 Å². The first-order valence-corrected chi connectivity index (χ1v) is 9.08. The molecule has 136 valence electrons. The monoisotopic (exact) mass is 342 g/mol. The van der Waals surface area contributed by atoms with Gasteiger partial charge in [0.2, 0.25) is 5.91 Å². The lowest BCUT2D eigenvalue weighted by Crippen LogP contribution is -2.46. The van der Waals surface area contributed by atoms with Crippen LogP contribution in [0.3, 0.4) is 0 Å². The number of benzene rings is 1. The van der Waals surface area contributed by atoms with Gasteiger partial charge in [-0.25, -0.2) is 4.98 Å². The average molecular weight is 342 g/mol. The minimum Gasteiger partial charge on any atom is -0.352 e. The number of imidazole rings is 1. The van der Waals surface area contributed by atoms with Crippen LogP contribution < -0.4 is 11.1 Å². The van der Waals surface area contributed by atoms with Gasteiger partial charge in [0.1, 0.15) is 0 Å². The fourth-order valence-electron chi connectivity index (χ4n) is 2.89. The van der Waals surface area contributed by atoms with Gasteiger partial charge in [0.25, 0.3) is 0 Å². The second kappa shape index (κ2) is 9.37. The Labute approximate surface area is 150 Å². The highest BCUT2D eigenvalue weighted by Crippen LogP contribution is 2.10. The molecule has 3 N–H and O–H groups in total. The van der Waals surface area contributed by atoms with E-state index in [2.05, 4.69) is 36.3 Å². The molecule has 0 spiro atoms. The van der Waals surface area contributed by atoms with E-state index in [1.54, 1.807) is 6.33 Å². The van der Waals surface area contributed by atoms with Gasteiger partial charge in [-0.2, -0.15) is 0 Å². The van der Waals surface area contributed by atoms with Crippen molar-refractivity contribution in [1.82, 2.24) is 14.9 Å². The van der Waals surface area contributed by atoms with Crippen molar-refractivity contribution < 1.29 is 4.79 Å². The predicted octanol–water partition coefficient (Wildman–Crippen LogP) is 2.74. The summed E-state index contributed by atoms with van der Waals surface area (Å²) in [4.78, 5) is 16.6. The Morgan fingerprint density at radius 3 is 2.68 bits per heavy atom. The van der Waals surface area contributed by atoms with E-state index < -0.39 is 6.04 Å². The van der Waals surface area contributed by atoms with Crippen molar-refractivity contribution in [1.29, 1.82) is 0 Å². The zero-order valence-corrected chi connectivity index (χ0v) is 15.5. The van der Waals surface area contributed by atoms with Crippen LogP contribution in [0.5, 0.6) is 0 Å². The third kappa shape index (κ3) is 6.35. The van der Waals surface area contributed by atoms with E-state index in [1.165, 1.54) is 5.56 Å². The zero-order valence-electron chi connectivity index (χ0n) is 15.5. The fraction of sp³-hybridized carbons (Fsp3) is 0.500. The van der Waals surface area contributed by atoms with Crippen LogP contribution in [0.2, 0.25) is 0 Å². The number of nitrogens with one attached hydrogen (secondary N) is 1. The van der Waals surface area contributed by atoms with Crippen LogP contribution in [0, 0.1) is 5.92 Å². The first kappa shape index (κ1) is 19.2. The van der Waals surface area contributed by atoms with Crippen LogP contribution in [-0.4, -0.2) is 27.5 Å². The van der Waals surface area contributed by atoms with Gasteiger partial charge >= 0.3 is 0 Å². The molecule has 1 aromatic carbocycles. The van der Waals surface area contributed by atoms with Crippen molar-refractivity contribution in [2.24, 2.45) is 11.7 Å². The first-order chi connectivity index (χ1) is 12.0. The highest BCUT2D eigenvalue weighted by molar-refractivity contribution is 5.81. The van der Waals surface area contributed by atoms with Crippen LogP contribution in [0.1, 0.15) is 44.9 Å². The van der Waals surface area contributed by atoms with Gasteiger partial charge in [-0.15, -0.1) is 0 Å². The molecule has 1 amide bonds. The van der Waals surface area contributed by atoms with Crippen LogP contribution in [0.4, 0.5) is 0 Å². The lowest BCUT2D eigenvalue weighted by atomic mass is 10.00. The van der Waals surface area contributed by atoms with Crippen LogP contribution in [-0.2, 0) is 17.8 Å². The van der Waals surface area contributed by atoms with E-state index in [-0.39, 0.29) is 11.9 Å². The Bertz CT molecular complexity index is 653. The molecule has 0 bridgehead atoms. The Morgan fingerprint density at radius 1 is 1.28 bits per heavy atom. The molecule has 3 atom stereocenters. The maximum Gasteiger partial charge on any atom is 0.237 e. The molecular formula is C20H30N4O. The van der Waals surface area contributed by atoms with Crippen molar-refractivity contribution in [3.63, 3.8) is 0 Å². The summed E-state index contributed by atoms with van der Waals surface area (Å²) in [5.74, 6) is 0.494. The summed E-state index contributed by atoms with van der Waals surface area (Å²) in [5.41, 5.74) is 8.12. The summed E-state index contributed by atoms with van der Waals surface area (Å²) >= 11 is 0. The number of amides is 1. The van der Waals surface area contributed by atoms with Crippen molar-refractivity contribution in [3.05, 3.63) is 54.1 Å². The predicted molar refractivity (Wildman–Crippen MR) is 101 cm³/mol. The molecule has 1 heterocycles. The maximum absolute atomic E-state index is 12.3. The molecule has 25 heavy (non-hydrogen) atoms. The van der Waals surface area contributed by atoms with Crippen LogP contribution in [0.25, 0.3) is 0 Å². The molecular weight excluding hydrogens is 312 g/mol. The van der Waals surface area contributed by atoms with E-state index >= 15 is 0 Å². The Hall–Kier alpha value is -2.14. The number of aromatic nitrogens is 2. The number of nitrogens with two attached hydrogens (primary N) is 1. The van der Waals surface area contributed by atoms with Gasteiger partial charge < -0.3 is 15.6 Å². The number of carbonyl (C=O) groups excluding carboxylic acids is 1. The van der Waals surface area contributed by atoms with Crippen molar-refractivity contribution in [2.45, 2.75) is 58.7 Å². The lowest BCUT2D eigenvalue weighted by molar-refractivity contribution is -0.123. The number of rotatable bonds is 9. The topological polar surface area (TPSA) is 72.9 Å². The average Bonchev–Trinajstić information content (AvgIpc) is 3.02. The smallest absolute Gasteiger partial charge is 0.237 e. The molecule has 5 heteroatoms. The van der Waals surface area contributed by atoms with Gasteiger partial charge in [0.05, 0.1) is 18.1 Å². The SMILES string of the molecule is CCC(C)CC(C)NC(=O)[C@@H](N)Cc1cn(Cc2ccccc2)cn1. The van der Waals surface area contributed by atoms with E-state index in [0.717, 1.165) is 25.1 Å². The van der Waals surface area contributed by atoms with Gasteiger partial charge in [-0.05, 0) is 24.8 Å². The van der Waals surface area contributed by atoms with Gasteiger partial charge in [-0.1, -0.05) is 50.6 Å². The van der Waals surface area contributed by atoms with Crippen molar-refractivity contribution in [3.8, 4) is 0 Å². The molecule has 5 nitrogen and oxygen atoms in total. The highest BCUT2D eigenvalue weighted by atomic mass is 16.2. The summed E-state index contributed by atoms with van der Waals surface area (Å²) in [5, 5.41) is 3.01. The molecule has 0 saturated heterocycles. The molecule has 0 fully saturated rings. The molecule has 2 unspecified atom stereocenters. The van der Waals surface area contributed by atoms with E-state index in [0.29, 0.717) is 12.3 Å². The minimum atomic E-state index is -0.570. The number of hydrogen-bond donors (Lipinski definition) is 2. The lowest BCUT2D eigenvalue weighted by Gasteiger charge is -2.19. The maximum atomic E-state index is 12.3. The molecule has 2 aromatic rings. The summed E-state index contributed by atoms with van der Waals surface area (Å²) < 4.78 is 2.01. The normalized spacial score (nSPS) is 14.7. The molecule has 1 aromatic heterocycles. The number of nitrogens with zero attached hydrogens (tertiary/aromatic N) is 2. The van der Waals surface area contributed by atoms with E-state index in [1.807, 2.05) is 35.9 Å². The number of hydrogen-bond acceptors (Lipinski definition) is 3. The third-order valence-electron chi connectivity index (χ3n) is 4.50. The fourth-order valence-corrected chi connectivity index (χ4v) is 2.89. The molecule has 0 radical (unpaired) electrons. The second-order valence-electron chi connectivity index (χ2n) is 6.99. The minimum absolute atomic E-state index is 0.103. The summed E-state index contributed by atoms with van der Waals surface area (Å²) in [7, 11) is 0. The number of carbonyl (C=O) groups is 1. The standard InChI is InChI=1S/C20H30N4O/c1-4-15(2)10-16(3)23-20(25)19(21)11-18-13-24(14-22-18)12-17-8-6-5-7-9-17/h5-9,13-16,19H,4,10-12,21H2,1-3H3,(H,23,25)/t15?,16?,19-/m0/s1. The third-order valence-corrected chi connectivity index (χ3v) is 4.50.